The molecule has 2 fully saturated rings. The zero-order valence-corrected chi connectivity index (χ0v) is 6.93. The molecule has 0 saturated heterocycles. The van der Waals surface area contributed by atoms with Crippen LogP contribution in [0.3, 0.4) is 0 Å². The van der Waals surface area contributed by atoms with Crippen molar-refractivity contribution in [2.24, 2.45) is 23.0 Å². The first-order valence-corrected chi connectivity index (χ1v) is 4.38. The van der Waals surface area contributed by atoms with Crippen molar-refractivity contribution < 1.29 is 0 Å². The first-order chi connectivity index (χ1) is 4.62. The van der Waals surface area contributed by atoms with Crippen LogP contribution in [0.4, 0.5) is 0 Å². The molecule has 3 atom stereocenters. The van der Waals surface area contributed by atoms with E-state index >= 15 is 0 Å². The normalized spacial score (nSPS) is 50.1. The summed E-state index contributed by atoms with van der Waals surface area (Å²) in [6, 6.07) is 0.522. The second-order valence-electron chi connectivity index (χ2n) is 4.60. The van der Waals surface area contributed by atoms with Gasteiger partial charge in [-0.3, -0.25) is 0 Å². The molecule has 58 valence electrons. The molecule has 2 rings (SSSR count). The lowest BCUT2D eigenvalue weighted by molar-refractivity contribution is 0.253. The van der Waals surface area contributed by atoms with Crippen molar-refractivity contribution in [3.8, 4) is 0 Å². The van der Waals surface area contributed by atoms with E-state index in [0.717, 1.165) is 11.8 Å². The van der Waals surface area contributed by atoms with E-state index in [1.165, 1.54) is 19.3 Å². The van der Waals surface area contributed by atoms with E-state index in [4.69, 9.17) is 5.73 Å². The molecule has 0 aliphatic heterocycles. The maximum absolute atomic E-state index is 6.00. The summed E-state index contributed by atoms with van der Waals surface area (Å²) >= 11 is 0. The fourth-order valence-electron chi connectivity index (χ4n) is 3.11. The van der Waals surface area contributed by atoms with E-state index in [9.17, 15) is 0 Å². The average molecular weight is 139 g/mol. The first kappa shape index (κ1) is 6.66. The summed E-state index contributed by atoms with van der Waals surface area (Å²) in [5.41, 5.74) is 6.56. The van der Waals surface area contributed by atoms with Gasteiger partial charge in [0.05, 0.1) is 0 Å². The lowest BCUT2D eigenvalue weighted by Gasteiger charge is -2.24. The highest BCUT2D eigenvalue weighted by Gasteiger charge is 2.51. The minimum absolute atomic E-state index is 0.522. The van der Waals surface area contributed by atoms with Gasteiger partial charge in [-0.25, -0.2) is 0 Å². The SMILES string of the molecule is CC1(C)[C@H]2CC[C@@H]1[C@H](N)C2. The fourth-order valence-corrected chi connectivity index (χ4v) is 3.11. The van der Waals surface area contributed by atoms with Crippen LogP contribution in [0.15, 0.2) is 0 Å². The molecule has 0 aromatic heterocycles. The van der Waals surface area contributed by atoms with E-state index in [2.05, 4.69) is 13.8 Å². The minimum atomic E-state index is 0.522. The Balaban J connectivity index is 2.27. The number of fused-ring (bicyclic) bond motifs is 2. The molecular formula is C9H17N. The Bertz CT molecular complexity index is 151. The average Bonchev–Trinajstić information content (AvgIpc) is 2.20. The largest absolute Gasteiger partial charge is 0.327 e. The van der Waals surface area contributed by atoms with Gasteiger partial charge in [-0.15, -0.1) is 0 Å². The van der Waals surface area contributed by atoms with Crippen LogP contribution in [0.2, 0.25) is 0 Å². The maximum Gasteiger partial charge on any atom is 0.00752 e. The lowest BCUT2D eigenvalue weighted by Crippen LogP contribution is -2.29. The summed E-state index contributed by atoms with van der Waals surface area (Å²) in [6.07, 6.45) is 4.11. The predicted octanol–water partition coefficient (Wildman–Crippen LogP) is 1.77. The Kier molecular flexibility index (Phi) is 1.17. The van der Waals surface area contributed by atoms with E-state index in [1.54, 1.807) is 0 Å². The summed E-state index contributed by atoms with van der Waals surface area (Å²) in [6.45, 7) is 4.78. The number of hydrogen-bond acceptors (Lipinski definition) is 1. The third kappa shape index (κ3) is 0.619. The summed E-state index contributed by atoms with van der Waals surface area (Å²) in [4.78, 5) is 0. The Morgan fingerprint density at radius 3 is 2.20 bits per heavy atom. The second-order valence-corrected chi connectivity index (χ2v) is 4.60. The molecule has 0 unspecified atom stereocenters. The van der Waals surface area contributed by atoms with Gasteiger partial charge in [-0.1, -0.05) is 13.8 Å². The molecule has 0 aromatic rings. The molecule has 0 radical (unpaired) electrons. The van der Waals surface area contributed by atoms with E-state index in [-0.39, 0.29) is 0 Å². The minimum Gasteiger partial charge on any atom is -0.327 e. The van der Waals surface area contributed by atoms with E-state index in [0.29, 0.717) is 11.5 Å². The molecule has 2 saturated carbocycles. The Morgan fingerprint density at radius 2 is 2.00 bits per heavy atom. The topological polar surface area (TPSA) is 26.0 Å². The molecule has 1 nitrogen and oxygen atoms in total. The number of nitrogens with two attached hydrogens (primary N) is 1. The van der Waals surface area contributed by atoms with Crippen LogP contribution in [0.25, 0.3) is 0 Å². The molecule has 2 aliphatic carbocycles. The molecule has 1 heteroatoms. The van der Waals surface area contributed by atoms with Gasteiger partial charge in [0.15, 0.2) is 0 Å². The van der Waals surface area contributed by atoms with Crippen LogP contribution in [0.1, 0.15) is 33.1 Å². The Hall–Kier alpha value is -0.0400. The molecule has 0 heterocycles. The maximum atomic E-state index is 6.00. The zero-order chi connectivity index (χ0) is 7.35. The van der Waals surface area contributed by atoms with Crippen LogP contribution >= 0.6 is 0 Å². The van der Waals surface area contributed by atoms with E-state index in [1.807, 2.05) is 0 Å². The highest BCUT2D eigenvalue weighted by atomic mass is 14.7. The standard InChI is InChI=1S/C9H17N/c1-9(2)6-3-4-7(9)8(10)5-6/h6-8H,3-5,10H2,1-2H3/t6-,7+,8+/m0/s1. The van der Waals surface area contributed by atoms with Gasteiger partial charge in [0.1, 0.15) is 0 Å². The zero-order valence-electron chi connectivity index (χ0n) is 6.93. The molecular weight excluding hydrogens is 122 g/mol. The van der Waals surface area contributed by atoms with Gasteiger partial charge in [-0.05, 0) is 36.5 Å². The molecule has 2 aliphatic rings. The van der Waals surface area contributed by atoms with Crippen LogP contribution < -0.4 is 5.73 Å². The van der Waals surface area contributed by atoms with Crippen LogP contribution in [-0.2, 0) is 0 Å². The van der Waals surface area contributed by atoms with Crippen LogP contribution in [0, 0.1) is 17.3 Å². The number of hydrogen-bond donors (Lipinski definition) is 1. The monoisotopic (exact) mass is 139 g/mol. The quantitative estimate of drug-likeness (QED) is 0.544. The smallest absolute Gasteiger partial charge is 0.00752 e. The molecule has 2 bridgehead atoms. The lowest BCUT2D eigenvalue weighted by atomic mass is 9.82. The second kappa shape index (κ2) is 1.76. The van der Waals surface area contributed by atoms with Crippen LogP contribution in [0.5, 0.6) is 0 Å². The van der Waals surface area contributed by atoms with Gasteiger partial charge in [0, 0.05) is 6.04 Å². The fraction of sp³-hybridized carbons (Fsp3) is 1.00. The van der Waals surface area contributed by atoms with Crippen molar-refractivity contribution in [3.05, 3.63) is 0 Å². The van der Waals surface area contributed by atoms with Gasteiger partial charge in [0.2, 0.25) is 0 Å². The third-order valence-electron chi connectivity index (χ3n) is 3.91. The summed E-state index contributed by atoms with van der Waals surface area (Å²) in [7, 11) is 0. The molecule has 0 spiro atoms. The summed E-state index contributed by atoms with van der Waals surface area (Å²) < 4.78 is 0. The summed E-state index contributed by atoms with van der Waals surface area (Å²) in [5, 5.41) is 0. The Morgan fingerprint density at radius 1 is 1.30 bits per heavy atom. The van der Waals surface area contributed by atoms with Gasteiger partial charge in [0.25, 0.3) is 0 Å². The molecule has 0 aromatic carbocycles. The highest BCUT2D eigenvalue weighted by Crippen LogP contribution is 2.56. The molecule has 2 N–H and O–H groups in total. The number of rotatable bonds is 0. The first-order valence-electron chi connectivity index (χ1n) is 4.38. The third-order valence-corrected chi connectivity index (χ3v) is 3.91. The van der Waals surface area contributed by atoms with Gasteiger partial charge in [-0.2, -0.15) is 0 Å². The predicted molar refractivity (Wildman–Crippen MR) is 42.6 cm³/mol. The van der Waals surface area contributed by atoms with Crippen molar-refractivity contribution in [1.29, 1.82) is 0 Å². The van der Waals surface area contributed by atoms with Crippen molar-refractivity contribution in [1.82, 2.24) is 0 Å². The summed E-state index contributed by atoms with van der Waals surface area (Å²) in [5.74, 6) is 1.77. The van der Waals surface area contributed by atoms with Crippen molar-refractivity contribution in [2.45, 2.75) is 39.2 Å². The molecule has 10 heavy (non-hydrogen) atoms. The van der Waals surface area contributed by atoms with Gasteiger partial charge >= 0.3 is 0 Å². The van der Waals surface area contributed by atoms with Gasteiger partial charge < -0.3 is 5.73 Å². The Labute approximate surface area is 63.0 Å². The highest BCUT2D eigenvalue weighted by molar-refractivity contribution is 5.03. The molecule has 0 amide bonds. The van der Waals surface area contributed by atoms with Crippen molar-refractivity contribution in [2.75, 3.05) is 0 Å². The van der Waals surface area contributed by atoms with Crippen LogP contribution in [-0.4, -0.2) is 6.04 Å². The van der Waals surface area contributed by atoms with E-state index < -0.39 is 0 Å². The van der Waals surface area contributed by atoms with Crippen molar-refractivity contribution in [3.63, 3.8) is 0 Å². The van der Waals surface area contributed by atoms with Crippen molar-refractivity contribution >= 4 is 0 Å².